The quantitative estimate of drug-likeness (QED) is 0.319. The summed E-state index contributed by atoms with van der Waals surface area (Å²) in [4.78, 5) is 20.7. The van der Waals surface area contributed by atoms with Gasteiger partial charge in [-0.25, -0.2) is 0 Å². The molecule has 1 aliphatic heterocycles. The van der Waals surface area contributed by atoms with Crippen molar-refractivity contribution in [2.75, 3.05) is 25.4 Å². The molecular formula is C24H27BrN4O2S. The predicted molar refractivity (Wildman–Crippen MR) is 130 cm³/mol. The molecule has 0 bridgehead atoms. The van der Waals surface area contributed by atoms with Crippen molar-refractivity contribution in [3.8, 4) is 11.4 Å². The van der Waals surface area contributed by atoms with Gasteiger partial charge < -0.3 is 9.84 Å². The van der Waals surface area contributed by atoms with Crippen molar-refractivity contribution >= 4 is 33.6 Å². The highest BCUT2D eigenvalue weighted by atomic mass is 79.9. The molecule has 0 aliphatic carbocycles. The van der Waals surface area contributed by atoms with Gasteiger partial charge >= 0.3 is 0 Å². The molecule has 4 rings (SSSR count). The Bertz CT molecular complexity index is 1010. The lowest BCUT2D eigenvalue weighted by Crippen LogP contribution is -2.43. The molecule has 8 heteroatoms. The fourth-order valence-corrected chi connectivity index (χ4v) is 5.08. The summed E-state index contributed by atoms with van der Waals surface area (Å²) in [6.45, 7) is 2.94. The maximum Gasteiger partial charge on any atom is 0.241 e. The van der Waals surface area contributed by atoms with Gasteiger partial charge in [-0.2, -0.15) is 4.98 Å². The Morgan fingerprint density at radius 3 is 2.94 bits per heavy atom. The van der Waals surface area contributed by atoms with Crippen LogP contribution < -0.4 is 5.32 Å². The maximum atomic E-state index is 12.6. The van der Waals surface area contributed by atoms with Crippen LogP contribution in [-0.2, 0) is 11.3 Å². The molecule has 1 aromatic heterocycles. The van der Waals surface area contributed by atoms with Crippen LogP contribution in [0.4, 0.5) is 0 Å². The van der Waals surface area contributed by atoms with E-state index >= 15 is 0 Å². The van der Waals surface area contributed by atoms with E-state index in [4.69, 9.17) is 4.52 Å². The van der Waals surface area contributed by atoms with Gasteiger partial charge in [-0.15, -0.1) is 11.8 Å². The van der Waals surface area contributed by atoms with Crippen LogP contribution in [-0.4, -0.2) is 46.3 Å². The second kappa shape index (κ2) is 11.6. The predicted octanol–water partition coefficient (Wildman–Crippen LogP) is 5.01. The summed E-state index contributed by atoms with van der Waals surface area (Å²) >= 11 is 5.29. The normalized spacial score (nSPS) is 16.7. The largest absolute Gasteiger partial charge is 0.356 e. The van der Waals surface area contributed by atoms with Crippen LogP contribution in [0.3, 0.4) is 0 Å². The first-order chi connectivity index (χ1) is 15.7. The molecule has 1 N–H and O–H groups in total. The Kier molecular flexibility index (Phi) is 8.36. The van der Waals surface area contributed by atoms with E-state index < -0.39 is 0 Å². The van der Waals surface area contributed by atoms with E-state index in [1.165, 1.54) is 4.90 Å². The topological polar surface area (TPSA) is 71.3 Å². The van der Waals surface area contributed by atoms with Crippen molar-refractivity contribution in [3.63, 3.8) is 0 Å². The second-order valence-corrected chi connectivity index (χ2v) is 9.99. The van der Waals surface area contributed by atoms with Crippen molar-refractivity contribution in [1.82, 2.24) is 20.4 Å². The smallest absolute Gasteiger partial charge is 0.241 e. The summed E-state index contributed by atoms with van der Waals surface area (Å²) in [6, 6.07) is 18.2. The number of thioether (sulfide) groups is 1. The first kappa shape index (κ1) is 23.0. The van der Waals surface area contributed by atoms with Gasteiger partial charge in [0.25, 0.3) is 0 Å². The average molecular weight is 515 g/mol. The summed E-state index contributed by atoms with van der Waals surface area (Å²) in [5.41, 5.74) is 0.913. The molecule has 168 valence electrons. The number of benzene rings is 2. The molecular weight excluding hydrogens is 488 g/mol. The standard InChI is InChI=1S/C24H27BrN4O2S/c25-20-9-4-7-18(15-20)23-27-22(31-28-23)17-29-13-5-8-19(16-29)24(30)26-12-6-14-32-21-10-2-1-3-11-21/h1-4,7,9-11,15,19H,5-6,8,12-14,16-17H2,(H,26,30). The molecule has 1 fully saturated rings. The summed E-state index contributed by atoms with van der Waals surface area (Å²) in [5.74, 6) is 2.33. The number of carbonyl (C=O) groups is 1. The molecule has 0 spiro atoms. The minimum atomic E-state index is 0.0120. The van der Waals surface area contributed by atoms with Crippen molar-refractivity contribution in [2.24, 2.45) is 5.92 Å². The lowest BCUT2D eigenvalue weighted by atomic mass is 9.97. The minimum absolute atomic E-state index is 0.0120. The van der Waals surface area contributed by atoms with E-state index in [1.54, 1.807) is 0 Å². The van der Waals surface area contributed by atoms with Gasteiger partial charge in [-0.3, -0.25) is 9.69 Å². The summed E-state index contributed by atoms with van der Waals surface area (Å²) in [7, 11) is 0. The number of rotatable bonds is 9. The lowest BCUT2D eigenvalue weighted by Gasteiger charge is -2.30. The monoisotopic (exact) mass is 514 g/mol. The summed E-state index contributed by atoms with van der Waals surface area (Å²) < 4.78 is 6.44. The van der Waals surface area contributed by atoms with Crippen molar-refractivity contribution in [3.05, 3.63) is 65.0 Å². The van der Waals surface area contributed by atoms with E-state index in [0.717, 1.165) is 54.7 Å². The van der Waals surface area contributed by atoms with Gasteiger partial charge in [0, 0.05) is 28.0 Å². The first-order valence-corrected chi connectivity index (χ1v) is 12.7. The molecule has 0 radical (unpaired) electrons. The van der Waals surface area contributed by atoms with Gasteiger partial charge in [0.05, 0.1) is 12.5 Å². The Labute approximate surface area is 201 Å². The highest BCUT2D eigenvalue weighted by Crippen LogP contribution is 2.22. The third-order valence-electron chi connectivity index (χ3n) is 5.42. The number of nitrogens with one attached hydrogen (secondary N) is 1. The highest BCUT2D eigenvalue weighted by molar-refractivity contribution is 9.10. The molecule has 1 amide bonds. The first-order valence-electron chi connectivity index (χ1n) is 10.9. The fourth-order valence-electron chi connectivity index (χ4n) is 3.80. The van der Waals surface area contributed by atoms with Crippen LogP contribution in [0.1, 0.15) is 25.2 Å². The Balaban J connectivity index is 1.20. The van der Waals surface area contributed by atoms with Gasteiger partial charge in [0.1, 0.15) is 0 Å². The zero-order chi connectivity index (χ0) is 22.2. The molecule has 3 aromatic rings. The number of nitrogens with zero attached hydrogens (tertiary/aromatic N) is 3. The van der Waals surface area contributed by atoms with Crippen LogP contribution in [0.15, 0.2) is 68.5 Å². The minimum Gasteiger partial charge on any atom is -0.356 e. The molecule has 0 saturated carbocycles. The number of hydrogen-bond acceptors (Lipinski definition) is 6. The number of carbonyl (C=O) groups excluding carboxylic acids is 1. The number of aromatic nitrogens is 2. The molecule has 1 unspecified atom stereocenters. The van der Waals surface area contributed by atoms with E-state index in [9.17, 15) is 4.79 Å². The van der Waals surface area contributed by atoms with Gasteiger partial charge in [-0.05, 0) is 55.8 Å². The van der Waals surface area contributed by atoms with Gasteiger partial charge in [0.15, 0.2) is 0 Å². The van der Waals surface area contributed by atoms with Crippen LogP contribution >= 0.6 is 27.7 Å². The third kappa shape index (κ3) is 6.67. The van der Waals surface area contributed by atoms with Gasteiger partial charge in [-0.1, -0.05) is 51.4 Å². The SMILES string of the molecule is O=C(NCCCSc1ccccc1)C1CCCN(Cc2nc(-c3cccc(Br)c3)no2)C1. The third-order valence-corrected chi connectivity index (χ3v) is 7.01. The van der Waals surface area contributed by atoms with E-state index in [2.05, 4.69) is 60.6 Å². The molecule has 2 aromatic carbocycles. The Morgan fingerprint density at radius 2 is 2.09 bits per heavy atom. The number of hydrogen-bond donors (Lipinski definition) is 1. The lowest BCUT2D eigenvalue weighted by molar-refractivity contribution is -0.126. The van der Waals surface area contributed by atoms with Crippen LogP contribution in [0.2, 0.25) is 0 Å². The van der Waals surface area contributed by atoms with Crippen LogP contribution in [0.25, 0.3) is 11.4 Å². The average Bonchev–Trinajstić information content (AvgIpc) is 3.28. The van der Waals surface area contributed by atoms with E-state index in [-0.39, 0.29) is 11.8 Å². The molecule has 1 aliphatic rings. The molecule has 6 nitrogen and oxygen atoms in total. The van der Waals surface area contributed by atoms with Crippen LogP contribution in [0, 0.1) is 5.92 Å². The fraction of sp³-hybridized carbons (Fsp3) is 0.375. The summed E-state index contributed by atoms with van der Waals surface area (Å²) in [6.07, 6.45) is 2.88. The number of amides is 1. The zero-order valence-electron chi connectivity index (χ0n) is 17.9. The number of likely N-dealkylation sites (tertiary alicyclic amines) is 1. The van der Waals surface area contributed by atoms with Crippen molar-refractivity contribution < 1.29 is 9.32 Å². The van der Waals surface area contributed by atoms with Gasteiger partial charge in [0.2, 0.25) is 17.6 Å². The number of piperidine rings is 1. The molecule has 1 saturated heterocycles. The highest BCUT2D eigenvalue weighted by Gasteiger charge is 2.26. The van der Waals surface area contributed by atoms with E-state index in [0.29, 0.717) is 18.3 Å². The number of halogens is 1. The molecule has 2 heterocycles. The summed E-state index contributed by atoms with van der Waals surface area (Å²) in [5, 5.41) is 7.23. The zero-order valence-corrected chi connectivity index (χ0v) is 20.3. The van der Waals surface area contributed by atoms with Crippen LogP contribution in [0.5, 0.6) is 0 Å². The van der Waals surface area contributed by atoms with Crippen molar-refractivity contribution in [2.45, 2.75) is 30.7 Å². The maximum absolute atomic E-state index is 12.6. The molecule has 32 heavy (non-hydrogen) atoms. The molecule has 1 atom stereocenters. The van der Waals surface area contributed by atoms with E-state index in [1.807, 2.05) is 42.1 Å². The Morgan fingerprint density at radius 1 is 1.22 bits per heavy atom. The van der Waals surface area contributed by atoms with Crippen molar-refractivity contribution in [1.29, 1.82) is 0 Å². The second-order valence-electron chi connectivity index (χ2n) is 7.90. The Hall–Kier alpha value is -2.16.